The lowest BCUT2D eigenvalue weighted by molar-refractivity contribution is -0.123. The van der Waals surface area contributed by atoms with Gasteiger partial charge in [0.25, 0.3) is 11.7 Å². The van der Waals surface area contributed by atoms with Crippen LogP contribution in [0.1, 0.15) is 24.8 Å². The molecule has 0 radical (unpaired) electrons. The number of aromatic nitrogens is 2. The molecule has 1 aliphatic carbocycles. The molecule has 1 aliphatic heterocycles. The van der Waals surface area contributed by atoms with Gasteiger partial charge in [-0.15, -0.1) is 4.98 Å². The summed E-state index contributed by atoms with van der Waals surface area (Å²) in [6, 6.07) is 13.9. The minimum absolute atomic E-state index is 0.0151. The van der Waals surface area contributed by atoms with E-state index in [9.17, 15) is 4.79 Å². The number of hydrogen-bond acceptors (Lipinski definition) is 4. The van der Waals surface area contributed by atoms with Crippen LogP contribution in [0, 0.1) is 13.5 Å². The molecular weight excluding hydrogens is 406 g/mol. The van der Waals surface area contributed by atoms with E-state index >= 15 is 0 Å². The van der Waals surface area contributed by atoms with Gasteiger partial charge in [-0.25, -0.2) is 0 Å². The minimum atomic E-state index is -0.637. The summed E-state index contributed by atoms with van der Waals surface area (Å²) in [6.07, 6.45) is 7.62. The van der Waals surface area contributed by atoms with E-state index in [0.29, 0.717) is 16.6 Å². The second kappa shape index (κ2) is 7.25. The van der Waals surface area contributed by atoms with E-state index in [0.717, 1.165) is 41.6 Å². The molecule has 2 fully saturated rings. The zero-order valence-corrected chi connectivity index (χ0v) is 17.8. The summed E-state index contributed by atoms with van der Waals surface area (Å²) in [4.78, 5) is 28.8. The van der Waals surface area contributed by atoms with Crippen molar-refractivity contribution in [3.05, 3.63) is 78.0 Å². The Morgan fingerprint density at radius 3 is 2.32 bits per heavy atom. The van der Waals surface area contributed by atoms with Gasteiger partial charge in [0.1, 0.15) is 11.7 Å². The summed E-state index contributed by atoms with van der Waals surface area (Å²) in [6.45, 7) is 9.04. The summed E-state index contributed by atoms with van der Waals surface area (Å²) in [7, 11) is 0. The van der Waals surface area contributed by atoms with Crippen LogP contribution in [0.2, 0.25) is 0 Å². The number of anilines is 2. The molecule has 1 spiro atoms. The SMILES string of the molecule is [C-]#[N+]c1ncc(N2C(=O)C3(CCC3)N(c3ccc(-c4ccncc4)cc3)C2=S)cc1C. The van der Waals surface area contributed by atoms with Gasteiger partial charge >= 0.3 is 0 Å². The fourth-order valence-corrected chi connectivity index (χ4v) is 4.82. The summed E-state index contributed by atoms with van der Waals surface area (Å²) in [5.74, 6) is 0.321. The van der Waals surface area contributed by atoms with Crippen molar-refractivity contribution in [3.63, 3.8) is 0 Å². The first-order valence-corrected chi connectivity index (χ1v) is 10.5. The van der Waals surface area contributed by atoms with Crippen molar-refractivity contribution in [2.75, 3.05) is 9.80 Å². The molecular formula is C24H19N5OS. The Balaban J connectivity index is 1.53. The lowest BCUT2D eigenvalue weighted by Crippen LogP contribution is -2.55. The molecule has 2 aliphatic rings. The van der Waals surface area contributed by atoms with E-state index in [1.807, 2.05) is 54.3 Å². The molecule has 0 N–H and O–H groups in total. The number of carbonyl (C=O) groups is 1. The third-order valence-corrected chi connectivity index (χ3v) is 6.50. The molecule has 31 heavy (non-hydrogen) atoms. The van der Waals surface area contributed by atoms with Gasteiger partial charge in [-0.1, -0.05) is 18.7 Å². The van der Waals surface area contributed by atoms with Crippen molar-refractivity contribution in [3.8, 4) is 11.1 Å². The van der Waals surface area contributed by atoms with Crippen molar-refractivity contribution in [2.24, 2.45) is 0 Å². The first-order valence-electron chi connectivity index (χ1n) is 10.1. The Labute approximate surface area is 186 Å². The number of amides is 1. The molecule has 3 heterocycles. The van der Waals surface area contributed by atoms with Gasteiger partial charge < -0.3 is 9.74 Å². The molecule has 6 nitrogen and oxygen atoms in total. The molecule has 1 saturated heterocycles. The number of carbonyl (C=O) groups excluding carboxylic acids is 1. The van der Waals surface area contributed by atoms with E-state index in [-0.39, 0.29) is 5.91 Å². The first-order chi connectivity index (χ1) is 15.0. The van der Waals surface area contributed by atoms with Crippen LogP contribution in [0.5, 0.6) is 0 Å². The first kappa shape index (κ1) is 19.3. The van der Waals surface area contributed by atoms with Crippen molar-refractivity contribution in [1.29, 1.82) is 0 Å². The minimum Gasteiger partial charge on any atom is -0.360 e. The van der Waals surface area contributed by atoms with Gasteiger partial charge in [-0.05, 0) is 85.4 Å². The quantitative estimate of drug-likeness (QED) is 0.433. The highest BCUT2D eigenvalue weighted by atomic mass is 32.1. The lowest BCUT2D eigenvalue weighted by Gasteiger charge is -2.43. The van der Waals surface area contributed by atoms with Crippen molar-refractivity contribution < 1.29 is 4.79 Å². The average molecular weight is 426 g/mol. The van der Waals surface area contributed by atoms with E-state index in [2.05, 4.69) is 14.8 Å². The van der Waals surface area contributed by atoms with Crippen LogP contribution in [0.25, 0.3) is 16.0 Å². The fourth-order valence-electron chi connectivity index (χ4n) is 4.35. The van der Waals surface area contributed by atoms with Gasteiger partial charge in [0, 0.05) is 18.1 Å². The molecule has 7 heteroatoms. The second-order valence-corrected chi connectivity index (χ2v) is 8.24. The Hall–Kier alpha value is -3.63. The van der Waals surface area contributed by atoms with E-state index in [4.69, 9.17) is 18.8 Å². The topological polar surface area (TPSA) is 53.7 Å². The molecule has 2 aromatic heterocycles. The lowest BCUT2D eigenvalue weighted by atomic mass is 9.75. The normalized spacial score (nSPS) is 17.0. The third-order valence-electron chi connectivity index (χ3n) is 6.13. The van der Waals surface area contributed by atoms with Crippen LogP contribution in [0.4, 0.5) is 17.2 Å². The third kappa shape index (κ3) is 2.91. The number of benzene rings is 1. The molecule has 1 amide bonds. The highest BCUT2D eigenvalue weighted by molar-refractivity contribution is 7.81. The van der Waals surface area contributed by atoms with E-state index in [1.165, 1.54) is 0 Å². The Bertz CT molecular complexity index is 1230. The highest BCUT2D eigenvalue weighted by Crippen LogP contribution is 2.48. The molecule has 0 atom stereocenters. The van der Waals surface area contributed by atoms with Gasteiger partial charge in [-0.2, -0.15) is 0 Å². The molecule has 3 aromatic rings. The molecule has 1 saturated carbocycles. The zero-order chi connectivity index (χ0) is 21.6. The van der Waals surface area contributed by atoms with Crippen LogP contribution < -0.4 is 9.80 Å². The molecule has 1 aromatic carbocycles. The van der Waals surface area contributed by atoms with Crippen molar-refractivity contribution in [2.45, 2.75) is 31.7 Å². The maximum atomic E-state index is 13.6. The largest absolute Gasteiger partial charge is 0.360 e. The van der Waals surface area contributed by atoms with Crippen LogP contribution in [-0.4, -0.2) is 26.5 Å². The van der Waals surface area contributed by atoms with Crippen LogP contribution >= 0.6 is 12.2 Å². The van der Waals surface area contributed by atoms with Crippen LogP contribution in [-0.2, 0) is 4.79 Å². The zero-order valence-electron chi connectivity index (χ0n) is 16.9. The average Bonchev–Trinajstić information content (AvgIpc) is 3.01. The van der Waals surface area contributed by atoms with Crippen LogP contribution in [0.15, 0.2) is 61.1 Å². The molecule has 0 bridgehead atoms. The number of thiocarbonyl (C=S) groups is 1. The maximum Gasteiger partial charge on any atom is 0.272 e. The van der Waals surface area contributed by atoms with Crippen LogP contribution in [0.3, 0.4) is 0 Å². The van der Waals surface area contributed by atoms with E-state index in [1.54, 1.807) is 23.5 Å². The number of aryl methyl sites for hydroxylation is 1. The number of rotatable bonds is 3. The maximum absolute atomic E-state index is 13.6. The predicted octanol–water partition coefficient (Wildman–Crippen LogP) is 5.06. The van der Waals surface area contributed by atoms with Gasteiger partial charge in [-0.3, -0.25) is 14.7 Å². The summed E-state index contributed by atoms with van der Waals surface area (Å²) in [5.41, 5.74) is 3.77. The molecule has 5 rings (SSSR count). The van der Waals surface area contributed by atoms with E-state index < -0.39 is 5.54 Å². The molecule has 152 valence electrons. The predicted molar refractivity (Wildman–Crippen MR) is 124 cm³/mol. The Kier molecular flexibility index (Phi) is 4.53. The summed E-state index contributed by atoms with van der Waals surface area (Å²) in [5, 5.41) is 0.457. The Morgan fingerprint density at radius 1 is 1.06 bits per heavy atom. The van der Waals surface area contributed by atoms with Crippen molar-refractivity contribution in [1.82, 2.24) is 9.97 Å². The summed E-state index contributed by atoms with van der Waals surface area (Å²) < 4.78 is 0. The van der Waals surface area contributed by atoms with Gasteiger partial charge in [0.05, 0.1) is 5.69 Å². The standard InChI is InChI=1S/C24H19N5OS/c1-16-14-20(15-27-21(16)25-2)28-22(30)24(10-3-11-24)29(23(28)31)19-6-4-17(5-7-19)18-8-12-26-13-9-18/h4-9,12-15H,3,10-11H2,1H3. The Morgan fingerprint density at radius 2 is 1.74 bits per heavy atom. The highest BCUT2D eigenvalue weighted by Gasteiger charge is 2.59. The van der Waals surface area contributed by atoms with Gasteiger partial charge in [0.2, 0.25) is 0 Å². The number of pyridine rings is 2. The second-order valence-electron chi connectivity index (χ2n) is 7.87. The molecule has 0 unspecified atom stereocenters. The van der Waals surface area contributed by atoms with Crippen molar-refractivity contribution >= 4 is 40.4 Å². The fraction of sp³-hybridized carbons (Fsp3) is 0.208. The smallest absolute Gasteiger partial charge is 0.272 e. The summed E-state index contributed by atoms with van der Waals surface area (Å²) >= 11 is 5.82. The van der Waals surface area contributed by atoms with Gasteiger partial charge in [0.15, 0.2) is 5.11 Å². The number of hydrogen-bond donors (Lipinski definition) is 0. The number of nitrogens with zero attached hydrogens (tertiary/aromatic N) is 5. The monoisotopic (exact) mass is 425 g/mol.